The SMILES string of the molecule is O=C(NCc1nc2ccc([N+](=O)[O-])cc2[nH]1)Nc1ccc2ncn(-c3ccccc3)c(=O)c2c1. The molecule has 2 aromatic heterocycles. The monoisotopic (exact) mass is 455 g/mol. The van der Waals surface area contributed by atoms with E-state index in [0.717, 1.165) is 0 Å². The van der Waals surface area contributed by atoms with Crippen molar-refractivity contribution in [3.8, 4) is 5.69 Å². The van der Waals surface area contributed by atoms with Crippen LogP contribution in [0.3, 0.4) is 0 Å². The molecule has 168 valence electrons. The lowest BCUT2D eigenvalue weighted by Crippen LogP contribution is -2.28. The summed E-state index contributed by atoms with van der Waals surface area (Å²) in [6.45, 7) is 0.0737. The van der Waals surface area contributed by atoms with Crippen LogP contribution in [0.5, 0.6) is 0 Å². The second-order valence-electron chi connectivity index (χ2n) is 7.44. The van der Waals surface area contributed by atoms with Crippen molar-refractivity contribution in [2.45, 2.75) is 6.54 Å². The Labute approximate surface area is 191 Å². The number of nitro groups is 1. The van der Waals surface area contributed by atoms with Gasteiger partial charge >= 0.3 is 6.03 Å². The molecule has 0 aliphatic carbocycles. The van der Waals surface area contributed by atoms with E-state index < -0.39 is 11.0 Å². The molecule has 0 fully saturated rings. The summed E-state index contributed by atoms with van der Waals surface area (Å²) in [5.74, 6) is 0.444. The van der Waals surface area contributed by atoms with Crippen LogP contribution in [0.1, 0.15) is 5.82 Å². The first-order valence-electron chi connectivity index (χ1n) is 10.2. The fourth-order valence-corrected chi connectivity index (χ4v) is 3.56. The molecule has 0 saturated heterocycles. The number of imidazole rings is 1. The number of hydrogen-bond acceptors (Lipinski definition) is 6. The second-order valence-corrected chi connectivity index (χ2v) is 7.44. The topological polar surface area (TPSA) is 148 Å². The van der Waals surface area contributed by atoms with Crippen molar-refractivity contribution >= 4 is 39.3 Å². The van der Waals surface area contributed by atoms with Crippen LogP contribution in [-0.2, 0) is 6.54 Å². The third-order valence-corrected chi connectivity index (χ3v) is 5.19. The van der Waals surface area contributed by atoms with Gasteiger partial charge in [-0.2, -0.15) is 0 Å². The zero-order chi connectivity index (χ0) is 23.7. The summed E-state index contributed by atoms with van der Waals surface area (Å²) in [6.07, 6.45) is 1.47. The molecule has 0 aliphatic rings. The number of amides is 2. The van der Waals surface area contributed by atoms with Gasteiger partial charge in [0.15, 0.2) is 0 Å². The average molecular weight is 455 g/mol. The molecule has 5 rings (SSSR count). The highest BCUT2D eigenvalue weighted by atomic mass is 16.6. The number of rotatable bonds is 5. The number of fused-ring (bicyclic) bond motifs is 2. The van der Waals surface area contributed by atoms with E-state index in [1.807, 2.05) is 18.2 Å². The number of carbonyl (C=O) groups excluding carboxylic acids is 1. The van der Waals surface area contributed by atoms with E-state index in [4.69, 9.17) is 0 Å². The Morgan fingerprint density at radius 3 is 2.65 bits per heavy atom. The Bertz CT molecular complexity index is 1610. The van der Waals surface area contributed by atoms with E-state index in [1.165, 1.54) is 23.0 Å². The Morgan fingerprint density at radius 1 is 1.06 bits per heavy atom. The number of carbonyl (C=O) groups is 1. The van der Waals surface area contributed by atoms with Crippen LogP contribution >= 0.6 is 0 Å². The summed E-state index contributed by atoms with van der Waals surface area (Å²) in [7, 11) is 0. The standard InChI is InChI=1S/C23H17N7O4/c31-22-17-10-14(6-8-18(17)25-13-29(22)15-4-2-1-3-5-15)26-23(32)24-12-21-27-19-9-7-16(30(33)34)11-20(19)28-21/h1-11,13H,12H2,(H,27,28)(H2,24,26,32). The third kappa shape index (κ3) is 4.05. The number of aromatic amines is 1. The number of aromatic nitrogens is 4. The van der Waals surface area contributed by atoms with E-state index in [-0.39, 0.29) is 17.8 Å². The molecule has 0 radical (unpaired) electrons. The lowest BCUT2D eigenvalue weighted by atomic mass is 10.2. The number of anilines is 1. The quantitative estimate of drug-likeness (QED) is 0.273. The van der Waals surface area contributed by atoms with Gasteiger partial charge in [0, 0.05) is 17.8 Å². The van der Waals surface area contributed by atoms with Gasteiger partial charge in [-0.1, -0.05) is 18.2 Å². The number of non-ortho nitro benzene ring substituents is 1. The third-order valence-electron chi connectivity index (χ3n) is 5.19. The lowest BCUT2D eigenvalue weighted by Gasteiger charge is -2.09. The van der Waals surface area contributed by atoms with Gasteiger partial charge in [0.2, 0.25) is 0 Å². The number of nitro benzene ring substituents is 1. The molecular weight excluding hydrogens is 438 g/mol. The van der Waals surface area contributed by atoms with Crippen LogP contribution in [0.15, 0.2) is 77.9 Å². The Hall–Kier alpha value is -5.06. The molecule has 0 unspecified atom stereocenters. The van der Waals surface area contributed by atoms with Crippen molar-refractivity contribution in [1.82, 2.24) is 24.8 Å². The maximum absolute atomic E-state index is 13.0. The maximum atomic E-state index is 13.0. The lowest BCUT2D eigenvalue weighted by molar-refractivity contribution is -0.384. The van der Waals surface area contributed by atoms with Crippen molar-refractivity contribution < 1.29 is 9.72 Å². The highest BCUT2D eigenvalue weighted by Gasteiger charge is 2.11. The average Bonchev–Trinajstić information content (AvgIpc) is 3.26. The highest BCUT2D eigenvalue weighted by Crippen LogP contribution is 2.19. The number of para-hydroxylation sites is 1. The van der Waals surface area contributed by atoms with Gasteiger partial charge in [0.1, 0.15) is 12.2 Å². The second kappa shape index (κ2) is 8.47. The van der Waals surface area contributed by atoms with Crippen molar-refractivity contribution in [2.75, 3.05) is 5.32 Å². The fraction of sp³-hybridized carbons (Fsp3) is 0.0435. The van der Waals surface area contributed by atoms with Gasteiger partial charge in [-0.3, -0.25) is 19.5 Å². The van der Waals surface area contributed by atoms with Gasteiger partial charge in [-0.15, -0.1) is 0 Å². The summed E-state index contributed by atoms with van der Waals surface area (Å²) < 4.78 is 1.44. The Balaban J connectivity index is 1.31. The van der Waals surface area contributed by atoms with Gasteiger partial charge in [0.25, 0.3) is 11.2 Å². The zero-order valence-corrected chi connectivity index (χ0v) is 17.6. The van der Waals surface area contributed by atoms with Crippen molar-refractivity contribution in [1.29, 1.82) is 0 Å². The van der Waals surface area contributed by atoms with E-state index in [0.29, 0.717) is 39.1 Å². The van der Waals surface area contributed by atoms with Crippen molar-refractivity contribution in [3.63, 3.8) is 0 Å². The minimum Gasteiger partial charge on any atom is -0.340 e. The smallest absolute Gasteiger partial charge is 0.319 e. The van der Waals surface area contributed by atoms with Crippen molar-refractivity contribution in [3.05, 3.63) is 99.3 Å². The summed E-state index contributed by atoms with van der Waals surface area (Å²) in [5.41, 5.74) is 2.38. The van der Waals surface area contributed by atoms with E-state index in [9.17, 15) is 19.7 Å². The molecule has 3 N–H and O–H groups in total. The molecule has 2 amide bonds. The van der Waals surface area contributed by atoms with E-state index >= 15 is 0 Å². The van der Waals surface area contributed by atoms with Crippen LogP contribution in [0.4, 0.5) is 16.2 Å². The maximum Gasteiger partial charge on any atom is 0.319 e. The van der Waals surface area contributed by atoms with Crippen LogP contribution in [0, 0.1) is 10.1 Å². The van der Waals surface area contributed by atoms with Gasteiger partial charge < -0.3 is 15.6 Å². The number of H-pyrrole nitrogens is 1. The highest BCUT2D eigenvalue weighted by molar-refractivity contribution is 5.92. The minimum absolute atomic E-state index is 0.0504. The first kappa shape index (κ1) is 20.8. The molecule has 3 aromatic carbocycles. The van der Waals surface area contributed by atoms with E-state index in [2.05, 4.69) is 25.6 Å². The van der Waals surface area contributed by atoms with Crippen LogP contribution in [0.2, 0.25) is 0 Å². The summed E-state index contributed by atoms with van der Waals surface area (Å²) in [5, 5.41) is 16.6. The fourth-order valence-electron chi connectivity index (χ4n) is 3.56. The molecule has 0 saturated carbocycles. The minimum atomic E-state index is -0.502. The number of benzene rings is 3. The predicted octanol–water partition coefficient (Wildman–Crippen LogP) is 3.49. The molecule has 0 bridgehead atoms. The number of nitrogens with one attached hydrogen (secondary N) is 3. The first-order chi connectivity index (χ1) is 16.5. The van der Waals surface area contributed by atoms with Crippen molar-refractivity contribution in [2.24, 2.45) is 0 Å². The Kier molecular flexibility index (Phi) is 5.18. The normalized spacial score (nSPS) is 10.9. The first-order valence-corrected chi connectivity index (χ1v) is 10.2. The molecule has 5 aromatic rings. The summed E-state index contributed by atoms with van der Waals surface area (Å²) in [4.78, 5) is 47.4. The molecule has 0 aliphatic heterocycles. The summed E-state index contributed by atoms with van der Waals surface area (Å²) >= 11 is 0. The number of urea groups is 1. The molecular formula is C23H17N7O4. The van der Waals surface area contributed by atoms with Crippen LogP contribution in [0.25, 0.3) is 27.6 Å². The zero-order valence-electron chi connectivity index (χ0n) is 17.6. The van der Waals surface area contributed by atoms with Gasteiger partial charge in [0.05, 0.1) is 39.1 Å². The van der Waals surface area contributed by atoms with Crippen LogP contribution < -0.4 is 16.2 Å². The Morgan fingerprint density at radius 2 is 1.85 bits per heavy atom. The molecule has 11 heteroatoms. The van der Waals surface area contributed by atoms with Gasteiger partial charge in [-0.25, -0.2) is 14.8 Å². The summed E-state index contributed by atoms with van der Waals surface area (Å²) in [6, 6.07) is 17.8. The molecule has 11 nitrogen and oxygen atoms in total. The van der Waals surface area contributed by atoms with Gasteiger partial charge in [-0.05, 0) is 36.4 Å². The van der Waals surface area contributed by atoms with E-state index in [1.54, 1.807) is 36.4 Å². The molecule has 34 heavy (non-hydrogen) atoms. The predicted molar refractivity (Wildman–Crippen MR) is 126 cm³/mol. The largest absolute Gasteiger partial charge is 0.340 e. The molecule has 2 heterocycles. The van der Waals surface area contributed by atoms with Crippen LogP contribution in [-0.4, -0.2) is 30.5 Å². The number of hydrogen-bond donors (Lipinski definition) is 3. The number of nitrogens with zero attached hydrogens (tertiary/aromatic N) is 4. The molecule has 0 spiro atoms. The molecule has 0 atom stereocenters.